The molecule has 0 N–H and O–H groups in total. The Kier molecular flexibility index (Phi) is 3.97. The van der Waals surface area contributed by atoms with Crippen LogP contribution in [0.5, 0.6) is 5.75 Å². The lowest BCUT2D eigenvalue weighted by atomic mass is 10.1. The van der Waals surface area contributed by atoms with Gasteiger partial charge in [-0.25, -0.2) is 8.78 Å². The fourth-order valence-corrected chi connectivity index (χ4v) is 1.15. The van der Waals surface area contributed by atoms with Gasteiger partial charge in [0.1, 0.15) is 6.20 Å². The molecule has 104 valence electrons. The van der Waals surface area contributed by atoms with E-state index >= 15 is 0 Å². The second kappa shape index (κ2) is 5.12. The molecular formula is C8H3F5N2O4. The third kappa shape index (κ3) is 3.33. The van der Waals surface area contributed by atoms with Gasteiger partial charge < -0.3 is 14.9 Å². The minimum atomic E-state index is -5.40. The monoisotopic (exact) mass is 286 g/mol. The molecule has 1 aromatic heterocycles. The van der Waals surface area contributed by atoms with Gasteiger partial charge in [0.2, 0.25) is 5.75 Å². The van der Waals surface area contributed by atoms with Gasteiger partial charge in [-0.2, -0.15) is 0 Å². The van der Waals surface area contributed by atoms with E-state index in [9.17, 15) is 36.9 Å². The van der Waals surface area contributed by atoms with E-state index in [0.29, 0.717) is 0 Å². The molecule has 0 aliphatic carbocycles. The van der Waals surface area contributed by atoms with Gasteiger partial charge in [-0.3, -0.25) is 4.79 Å². The predicted molar refractivity (Wildman–Crippen MR) is 47.9 cm³/mol. The van der Waals surface area contributed by atoms with E-state index in [4.69, 9.17) is 0 Å². The van der Waals surface area contributed by atoms with Crippen LogP contribution in [0.1, 0.15) is 22.3 Å². The summed E-state index contributed by atoms with van der Waals surface area (Å²) in [6, 6.07) is 0. The molecule has 0 aromatic carbocycles. The highest BCUT2D eigenvalue weighted by atomic mass is 19.4. The average Bonchev–Trinajstić information content (AvgIpc) is 2.25. The smallest absolute Gasteiger partial charge is 0.396 e. The van der Waals surface area contributed by atoms with Crippen LogP contribution < -0.4 is 4.74 Å². The van der Waals surface area contributed by atoms with Crippen molar-refractivity contribution in [2.45, 2.75) is 12.8 Å². The van der Waals surface area contributed by atoms with Gasteiger partial charge in [-0.05, 0) is 9.91 Å². The molecular weight excluding hydrogens is 283 g/mol. The lowest BCUT2D eigenvalue weighted by Crippen LogP contribution is -2.20. The molecule has 19 heavy (non-hydrogen) atoms. The number of halogens is 5. The second-order valence-electron chi connectivity index (χ2n) is 3.00. The van der Waals surface area contributed by atoms with Crippen molar-refractivity contribution in [3.05, 3.63) is 27.4 Å². The molecule has 0 fully saturated rings. The number of aldehydes is 1. The molecule has 0 aliphatic heterocycles. The zero-order chi connectivity index (χ0) is 14.8. The minimum Gasteiger partial charge on any atom is -0.396 e. The standard InChI is InChI=1S/C8H3F5N2O4/c9-6(10)3-1-14-7(15(17)18)5(4(3)2-16)19-8(11,12)13/h1-2,6H. The number of hydrogen-bond acceptors (Lipinski definition) is 5. The molecule has 11 heteroatoms. The first-order chi connectivity index (χ1) is 8.67. The van der Waals surface area contributed by atoms with Crippen LogP contribution in [-0.4, -0.2) is 22.6 Å². The van der Waals surface area contributed by atoms with Gasteiger partial charge in [0.05, 0.1) is 11.1 Å². The number of carbonyl (C=O) groups is 1. The Hall–Kier alpha value is -2.33. The summed E-state index contributed by atoms with van der Waals surface area (Å²) in [5.74, 6) is -3.14. The largest absolute Gasteiger partial charge is 0.573 e. The third-order valence-corrected chi connectivity index (χ3v) is 1.83. The fourth-order valence-electron chi connectivity index (χ4n) is 1.15. The fraction of sp³-hybridized carbons (Fsp3) is 0.250. The van der Waals surface area contributed by atoms with E-state index in [1.807, 2.05) is 0 Å². The number of rotatable bonds is 4. The molecule has 0 amide bonds. The summed E-state index contributed by atoms with van der Waals surface area (Å²) in [4.78, 5) is 22.5. The van der Waals surface area contributed by atoms with Crippen LogP contribution in [0.25, 0.3) is 0 Å². The van der Waals surface area contributed by atoms with Crippen LogP contribution in [0.3, 0.4) is 0 Å². The Bertz CT molecular complexity index is 517. The van der Waals surface area contributed by atoms with Gasteiger partial charge in [0.15, 0.2) is 6.29 Å². The maximum Gasteiger partial charge on any atom is 0.573 e. The number of ether oxygens (including phenoxy) is 1. The van der Waals surface area contributed by atoms with Crippen molar-refractivity contribution < 1.29 is 36.4 Å². The topological polar surface area (TPSA) is 82.3 Å². The number of nitrogens with zero attached hydrogens (tertiary/aromatic N) is 2. The molecule has 6 nitrogen and oxygen atoms in total. The van der Waals surface area contributed by atoms with Crippen LogP contribution >= 0.6 is 0 Å². The Morgan fingerprint density at radius 1 is 1.42 bits per heavy atom. The van der Waals surface area contributed by atoms with Crippen LogP contribution in [-0.2, 0) is 0 Å². The Labute approximate surface area is 101 Å². The number of carbonyl (C=O) groups excluding carboxylic acids is 1. The first-order valence-corrected chi connectivity index (χ1v) is 4.33. The molecule has 0 aliphatic rings. The highest BCUT2D eigenvalue weighted by molar-refractivity contribution is 5.83. The predicted octanol–water partition coefficient (Wildman–Crippen LogP) is 2.64. The van der Waals surface area contributed by atoms with Crippen molar-refractivity contribution in [3.8, 4) is 5.75 Å². The molecule has 1 heterocycles. The lowest BCUT2D eigenvalue weighted by molar-refractivity contribution is -0.393. The summed E-state index contributed by atoms with van der Waals surface area (Å²) in [5, 5.41) is 10.4. The molecule has 0 saturated carbocycles. The molecule has 0 atom stereocenters. The maximum absolute atomic E-state index is 12.5. The summed E-state index contributed by atoms with van der Waals surface area (Å²) >= 11 is 0. The molecule has 0 bridgehead atoms. The zero-order valence-corrected chi connectivity index (χ0v) is 8.65. The van der Waals surface area contributed by atoms with Gasteiger partial charge in [0, 0.05) is 0 Å². The minimum absolute atomic E-state index is 0.246. The Morgan fingerprint density at radius 2 is 2.00 bits per heavy atom. The highest BCUT2D eigenvalue weighted by Crippen LogP contribution is 2.37. The quantitative estimate of drug-likeness (QED) is 0.368. The number of alkyl halides is 5. The number of pyridine rings is 1. The van der Waals surface area contributed by atoms with Gasteiger partial charge in [0.25, 0.3) is 6.43 Å². The number of hydrogen-bond donors (Lipinski definition) is 0. The van der Waals surface area contributed by atoms with Crippen LogP contribution in [0.4, 0.5) is 27.8 Å². The van der Waals surface area contributed by atoms with E-state index in [0.717, 1.165) is 0 Å². The lowest BCUT2D eigenvalue weighted by Gasteiger charge is -2.12. The molecule has 1 aromatic rings. The second-order valence-corrected chi connectivity index (χ2v) is 3.00. The summed E-state index contributed by atoms with van der Waals surface area (Å²) in [6.45, 7) is 0. The number of nitro groups is 1. The Balaban J connectivity index is 3.54. The highest BCUT2D eigenvalue weighted by Gasteiger charge is 2.38. The van der Waals surface area contributed by atoms with E-state index in [1.54, 1.807) is 0 Å². The molecule has 0 radical (unpaired) electrons. The van der Waals surface area contributed by atoms with Crippen LogP contribution in [0, 0.1) is 10.1 Å². The van der Waals surface area contributed by atoms with Crippen molar-refractivity contribution in [2.24, 2.45) is 0 Å². The van der Waals surface area contributed by atoms with Crippen molar-refractivity contribution in [1.82, 2.24) is 4.98 Å². The van der Waals surface area contributed by atoms with Crippen LogP contribution in [0.15, 0.2) is 6.20 Å². The third-order valence-electron chi connectivity index (χ3n) is 1.83. The molecule has 0 unspecified atom stereocenters. The van der Waals surface area contributed by atoms with Gasteiger partial charge in [-0.15, -0.1) is 13.2 Å². The normalized spacial score (nSPS) is 11.5. The summed E-state index contributed by atoms with van der Waals surface area (Å²) < 4.78 is 64.3. The first-order valence-electron chi connectivity index (χ1n) is 4.33. The van der Waals surface area contributed by atoms with Crippen molar-refractivity contribution >= 4 is 12.1 Å². The van der Waals surface area contributed by atoms with E-state index in [1.165, 1.54) is 0 Å². The maximum atomic E-state index is 12.5. The average molecular weight is 286 g/mol. The van der Waals surface area contributed by atoms with Crippen molar-refractivity contribution in [1.29, 1.82) is 0 Å². The summed E-state index contributed by atoms with van der Waals surface area (Å²) in [5.41, 5.74) is -2.46. The molecule has 1 rings (SSSR count). The van der Waals surface area contributed by atoms with Crippen LogP contribution in [0.2, 0.25) is 0 Å². The van der Waals surface area contributed by atoms with E-state index in [-0.39, 0.29) is 6.20 Å². The van der Waals surface area contributed by atoms with Gasteiger partial charge in [-0.1, -0.05) is 0 Å². The van der Waals surface area contributed by atoms with Gasteiger partial charge >= 0.3 is 12.2 Å². The molecule has 0 spiro atoms. The van der Waals surface area contributed by atoms with Crippen molar-refractivity contribution in [3.63, 3.8) is 0 Å². The van der Waals surface area contributed by atoms with E-state index in [2.05, 4.69) is 9.72 Å². The molecule has 0 saturated heterocycles. The number of aromatic nitrogens is 1. The Morgan fingerprint density at radius 3 is 2.37 bits per heavy atom. The zero-order valence-electron chi connectivity index (χ0n) is 8.65. The SMILES string of the molecule is O=Cc1c(C(F)F)cnc([N+](=O)[O-])c1OC(F)(F)F. The van der Waals surface area contributed by atoms with Crippen molar-refractivity contribution in [2.75, 3.05) is 0 Å². The summed E-state index contributed by atoms with van der Waals surface area (Å²) in [6.07, 6.45) is -8.89. The first kappa shape index (κ1) is 14.7. The summed E-state index contributed by atoms with van der Waals surface area (Å²) in [7, 11) is 0. The van der Waals surface area contributed by atoms with E-state index < -0.39 is 46.7 Å².